The van der Waals surface area contributed by atoms with Gasteiger partial charge in [-0.15, -0.1) is 0 Å². The lowest BCUT2D eigenvalue weighted by molar-refractivity contribution is -0.130. The Morgan fingerprint density at radius 2 is 1.85 bits per heavy atom. The molecule has 0 saturated carbocycles. The van der Waals surface area contributed by atoms with Gasteiger partial charge in [0.25, 0.3) is 5.91 Å². The van der Waals surface area contributed by atoms with E-state index in [0.717, 1.165) is 37.9 Å². The summed E-state index contributed by atoms with van der Waals surface area (Å²) in [7, 11) is -4.66. The second-order valence-corrected chi connectivity index (χ2v) is 8.05. The van der Waals surface area contributed by atoms with Crippen LogP contribution in [0.25, 0.3) is 0 Å². The monoisotopic (exact) mass is 388 g/mol. The molecule has 0 unspecified atom stereocenters. The number of hydrogen-bond acceptors (Lipinski definition) is 4. The van der Waals surface area contributed by atoms with Crippen molar-refractivity contribution in [1.29, 1.82) is 0 Å². The minimum absolute atomic E-state index is 0.143. The molecule has 1 N–H and O–H groups in total. The standard InChI is InChI=1S/C17H22F2N2O4S/c18-17(19)26(24,25)14-8-6-13(7-9-14)16(23)20-10-4-12-21-11-3-1-2-5-15(21)22/h6-9,17H,1-5,10-12H2,(H,20,23). The number of halogens is 2. The van der Waals surface area contributed by atoms with Crippen LogP contribution < -0.4 is 5.32 Å². The molecule has 1 heterocycles. The van der Waals surface area contributed by atoms with Crippen molar-refractivity contribution in [1.82, 2.24) is 10.2 Å². The van der Waals surface area contributed by atoms with Crippen molar-refractivity contribution in [2.45, 2.75) is 42.8 Å². The van der Waals surface area contributed by atoms with Gasteiger partial charge in [0.2, 0.25) is 15.7 Å². The number of amides is 2. The van der Waals surface area contributed by atoms with Gasteiger partial charge in [-0.05, 0) is 43.5 Å². The summed E-state index contributed by atoms with van der Waals surface area (Å²) in [5.41, 5.74) is 0.184. The molecule has 0 aliphatic carbocycles. The van der Waals surface area contributed by atoms with Crippen molar-refractivity contribution in [3.63, 3.8) is 0 Å². The van der Waals surface area contributed by atoms with Crippen LogP contribution >= 0.6 is 0 Å². The van der Waals surface area contributed by atoms with Gasteiger partial charge >= 0.3 is 5.76 Å². The molecule has 0 bridgehead atoms. The molecule has 1 aromatic carbocycles. The van der Waals surface area contributed by atoms with E-state index in [2.05, 4.69) is 5.32 Å². The van der Waals surface area contributed by atoms with Gasteiger partial charge in [0.15, 0.2) is 0 Å². The summed E-state index contributed by atoms with van der Waals surface area (Å²) in [6.07, 6.45) is 4.14. The van der Waals surface area contributed by atoms with Crippen LogP contribution in [-0.4, -0.2) is 50.5 Å². The summed E-state index contributed by atoms with van der Waals surface area (Å²) in [5.74, 6) is -3.78. The van der Waals surface area contributed by atoms with Gasteiger partial charge in [0.05, 0.1) is 4.90 Å². The van der Waals surface area contributed by atoms with Crippen molar-refractivity contribution in [2.75, 3.05) is 19.6 Å². The van der Waals surface area contributed by atoms with Crippen LogP contribution in [0, 0.1) is 0 Å². The number of nitrogens with one attached hydrogen (secondary N) is 1. The summed E-state index contributed by atoms with van der Waals surface area (Å²) in [6, 6.07) is 4.38. The summed E-state index contributed by atoms with van der Waals surface area (Å²) < 4.78 is 47.6. The number of hydrogen-bond donors (Lipinski definition) is 1. The summed E-state index contributed by atoms with van der Waals surface area (Å²) in [5, 5.41) is 2.68. The number of rotatable bonds is 7. The second-order valence-electron chi connectivity index (χ2n) is 6.13. The molecule has 1 aliphatic heterocycles. The molecule has 0 radical (unpaired) electrons. The number of sulfone groups is 1. The van der Waals surface area contributed by atoms with E-state index >= 15 is 0 Å². The zero-order valence-corrected chi connectivity index (χ0v) is 15.1. The van der Waals surface area contributed by atoms with E-state index in [1.54, 1.807) is 0 Å². The molecule has 1 saturated heterocycles. The highest BCUT2D eigenvalue weighted by atomic mass is 32.2. The van der Waals surface area contributed by atoms with Gasteiger partial charge in [-0.25, -0.2) is 8.42 Å². The number of carbonyl (C=O) groups excluding carboxylic acids is 2. The minimum Gasteiger partial charge on any atom is -0.352 e. The van der Waals surface area contributed by atoms with Gasteiger partial charge in [-0.1, -0.05) is 6.42 Å². The van der Waals surface area contributed by atoms with Gasteiger partial charge in [0, 0.05) is 31.6 Å². The SMILES string of the molecule is O=C(NCCCN1CCCCCC1=O)c1ccc(S(=O)(=O)C(F)F)cc1. The van der Waals surface area contributed by atoms with Crippen LogP contribution in [0.15, 0.2) is 29.2 Å². The van der Waals surface area contributed by atoms with E-state index in [-0.39, 0.29) is 11.5 Å². The largest absolute Gasteiger partial charge is 0.352 e. The Kier molecular flexibility index (Phi) is 7.07. The van der Waals surface area contributed by atoms with Gasteiger partial charge in [-0.2, -0.15) is 8.78 Å². The van der Waals surface area contributed by atoms with Crippen LogP contribution in [0.1, 0.15) is 42.5 Å². The van der Waals surface area contributed by atoms with Crippen LogP contribution in [0.3, 0.4) is 0 Å². The van der Waals surface area contributed by atoms with E-state index in [4.69, 9.17) is 0 Å². The Morgan fingerprint density at radius 3 is 2.50 bits per heavy atom. The fourth-order valence-electron chi connectivity index (χ4n) is 2.75. The van der Waals surface area contributed by atoms with Gasteiger partial charge < -0.3 is 10.2 Å². The Bertz CT molecular complexity index is 736. The third-order valence-corrected chi connectivity index (χ3v) is 5.64. The predicted molar refractivity (Wildman–Crippen MR) is 91.6 cm³/mol. The minimum atomic E-state index is -4.66. The van der Waals surface area contributed by atoms with Gasteiger partial charge in [-0.3, -0.25) is 9.59 Å². The molecule has 144 valence electrons. The molecule has 9 heteroatoms. The van der Waals surface area contributed by atoms with E-state index < -0.39 is 26.4 Å². The lowest BCUT2D eigenvalue weighted by atomic mass is 10.2. The van der Waals surface area contributed by atoms with Crippen LogP contribution in [0.4, 0.5) is 8.78 Å². The molecule has 1 aromatic rings. The molecular formula is C17H22F2N2O4S. The van der Waals surface area contributed by atoms with Crippen molar-refractivity contribution in [3.05, 3.63) is 29.8 Å². The average molecular weight is 388 g/mol. The third-order valence-electron chi connectivity index (χ3n) is 4.24. The predicted octanol–water partition coefficient (Wildman–Crippen LogP) is 2.21. The normalized spacial score (nSPS) is 15.8. The first kappa shape index (κ1) is 20.3. The maximum Gasteiger partial charge on any atom is 0.341 e. The maximum atomic E-state index is 12.5. The fraction of sp³-hybridized carbons (Fsp3) is 0.529. The summed E-state index contributed by atoms with van der Waals surface area (Å²) in [6.45, 7) is 1.68. The first-order valence-corrected chi connectivity index (χ1v) is 10.0. The Hall–Kier alpha value is -2.03. The molecule has 0 atom stereocenters. The maximum absolute atomic E-state index is 12.5. The van der Waals surface area contributed by atoms with Crippen molar-refractivity contribution in [3.8, 4) is 0 Å². The Morgan fingerprint density at radius 1 is 1.15 bits per heavy atom. The summed E-state index contributed by atoms with van der Waals surface area (Å²) >= 11 is 0. The zero-order valence-electron chi connectivity index (χ0n) is 14.3. The molecule has 2 rings (SSSR count). The molecule has 26 heavy (non-hydrogen) atoms. The molecule has 1 fully saturated rings. The molecule has 0 aromatic heterocycles. The van der Waals surface area contributed by atoms with Crippen LogP contribution in [0.2, 0.25) is 0 Å². The molecule has 2 amide bonds. The van der Waals surface area contributed by atoms with E-state index in [1.807, 2.05) is 4.90 Å². The highest BCUT2D eigenvalue weighted by molar-refractivity contribution is 7.91. The van der Waals surface area contributed by atoms with Crippen molar-refractivity contribution < 1.29 is 26.8 Å². The van der Waals surface area contributed by atoms with E-state index in [1.165, 1.54) is 12.1 Å². The number of benzene rings is 1. The number of alkyl halides is 2. The first-order valence-electron chi connectivity index (χ1n) is 8.50. The lowest BCUT2D eigenvalue weighted by Crippen LogP contribution is -2.34. The van der Waals surface area contributed by atoms with Crippen molar-refractivity contribution in [2.24, 2.45) is 0 Å². The van der Waals surface area contributed by atoms with E-state index in [0.29, 0.717) is 25.9 Å². The molecular weight excluding hydrogens is 366 g/mol. The van der Waals surface area contributed by atoms with Gasteiger partial charge in [0.1, 0.15) is 0 Å². The zero-order chi connectivity index (χ0) is 19.2. The van der Waals surface area contributed by atoms with Crippen molar-refractivity contribution >= 4 is 21.7 Å². The number of nitrogens with zero attached hydrogens (tertiary/aromatic N) is 1. The Balaban J connectivity index is 1.82. The van der Waals surface area contributed by atoms with E-state index in [9.17, 15) is 26.8 Å². The summed E-state index contributed by atoms with van der Waals surface area (Å²) in [4.78, 5) is 25.2. The topological polar surface area (TPSA) is 83.6 Å². The molecule has 1 aliphatic rings. The Labute approximate surface area is 151 Å². The second kappa shape index (κ2) is 9.07. The molecule has 0 spiro atoms. The van der Waals surface area contributed by atoms with Crippen LogP contribution in [-0.2, 0) is 14.6 Å². The average Bonchev–Trinajstić information content (AvgIpc) is 2.82. The quantitative estimate of drug-likeness (QED) is 0.726. The lowest BCUT2D eigenvalue weighted by Gasteiger charge is -2.20. The number of carbonyl (C=O) groups is 2. The van der Waals surface area contributed by atoms with Crippen LogP contribution in [0.5, 0.6) is 0 Å². The third kappa shape index (κ3) is 5.23. The highest BCUT2D eigenvalue weighted by Crippen LogP contribution is 2.18. The fourth-order valence-corrected chi connectivity index (χ4v) is 3.47. The highest BCUT2D eigenvalue weighted by Gasteiger charge is 2.26. The number of likely N-dealkylation sites (tertiary alicyclic amines) is 1. The smallest absolute Gasteiger partial charge is 0.341 e. The first-order chi connectivity index (χ1) is 12.3. The molecule has 6 nitrogen and oxygen atoms in total.